The lowest BCUT2D eigenvalue weighted by atomic mass is 10.1. The van der Waals surface area contributed by atoms with Gasteiger partial charge in [-0.15, -0.1) is 0 Å². The number of carbonyl (C=O) groups excluding carboxylic acids is 2. The summed E-state index contributed by atoms with van der Waals surface area (Å²) in [6, 6.07) is 14.9. The van der Waals surface area contributed by atoms with Crippen LogP contribution in [0.4, 0.5) is 11.4 Å². The van der Waals surface area contributed by atoms with Crippen LogP contribution in [0.3, 0.4) is 0 Å². The quantitative estimate of drug-likeness (QED) is 0.713. The van der Waals surface area contributed by atoms with Crippen LogP contribution in [0.2, 0.25) is 0 Å². The van der Waals surface area contributed by atoms with Gasteiger partial charge in [0.15, 0.2) is 0 Å². The van der Waals surface area contributed by atoms with Crippen molar-refractivity contribution in [3.8, 4) is 0 Å². The summed E-state index contributed by atoms with van der Waals surface area (Å²) in [7, 11) is 0. The summed E-state index contributed by atoms with van der Waals surface area (Å²) in [5.41, 5.74) is 4.23. The van der Waals surface area contributed by atoms with Gasteiger partial charge in [0.2, 0.25) is 11.8 Å². The number of hydrogen-bond donors (Lipinski definition) is 2. The van der Waals surface area contributed by atoms with Crippen molar-refractivity contribution < 1.29 is 9.59 Å². The van der Waals surface area contributed by atoms with Gasteiger partial charge in [-0.1, -0.05) is 24.3 Å². The molecule has 0 saturated heterocycles. The fraction of sp³-hybridized carbons (Fsp3) is 0.150. The van der Waals surface area contributed by atoms with Crippen LogP contribution in [0.25, 0.3) is 10.9 Å². The lowest BCUT2D eigenvalue weighted by Crippen LogP contribution is -2.21. The van der Waals surface area contributed by atoms with Gasteiger partial charge >= 0.3 is 0 Å². The molecule has 2 aromatic carbocycles. The Morgan fingerprint density at radius 3 is 2.48 bits per heavy atom. The highest BCUT2D eigenvalue weighted by Gasteiger charge is 2.12. The first-order valence-corrected chi connectivity index (χ1v) is 8.03. The number of pyridine rings is 1. The van der Waals surface area contributed by atoms with E-state index in [9.17, 15) is 9.59 Å². The number of para-hydroxylation sites is 1. The zero-order chi connectivity index (χ0) is 17.8. The smallest absolute Gasteiger partial charge is 0.233 e. The minimum absolute atomic E-state index is 0.254. The molecule has 2 amide bonds. The van der Waals surface area contributed by atoms with Crippen LogP contribution in [-0.4, -0.2) is 16.8 Å². The van der Waals surface area contributed by atoms with Gasteiger partial charge in [-0.25, -0.2) is 0 Å². The van der Waals surface area contributed by atoms with E-state index in [1.54, 1.807) is 12.3 Å². The molecule has 0 saturated carbocycles. The third kappa shape index (κ3) is 4.01. The molecule has 126 valence electrons. The van der Waals surface area contributed by atoms with E-state index in [4.69, 9.17) is 0 Å². The van der Waals surface area contributed by atoms with Crippen LogP contribution >= 0.6 is 0 Å². The van der Waals surface area contributed by atoms with E-state index >= 15 is 0 Å². The molecule has 0 atom stereocenters. The molecule has 1 heterocycles. The maximum absolute atomic E-state index is 12.2. The van der Waals surface area contributed by atoms with Crippen molar-refractivity contribution in [1.29, 1.82) is 0 Å². The minimum Gasteiger partial charge on any atom is -0.326 e. The predicted octanol–water partition coefficient (Wildman–Crippen LogP) is 3.82. The fourth-order valence-electron chi connectivity index (χ4n) is 2.57. The van der Waals surface area contributed by atoms with E-state index in [2.05, 4.69) is 15.6 Å². The van der Waals surface area contributed by atoms with E-state index in [-0.39, 0.29) is 18.2 Å². The average molecular weight is 333 g/mol. The van der Waals surface area contributed by atoms with Gasteiger partial charge in [-0.05, 0) is 49.2 Å². The largest absolute Gasteiger partial charge is 0.326 e. The molecule has 0 unspecified atom stereocenters. The Kier molecular flexibility index (Phi) is 4.75. The van der Waals surface area contributed by atoms with E-state index in [1.165, 1.54) is 0 Å². The van der Waals surface area contributed by atoms with Crippen molar-refractivity contribution in [2.24, 2.45) is 0 Å². The number of aromatic nitrogens is 1. The highest BCUT2D eigenvalue weighted by Crippen LogP contribution is 2.21. The number of nitrogens with zero attached hydrogens (tertiary/aromatic N) is 1. The first-order valence-electron chi connectivity index (χ1n) is 8.03. The van der Waals surface area contributed by atoms with Crippen molar-refractivity contribution in [3.63, 3.8) is 0 Å². The number of nitrogens with one attached hydrogen (secondary N) is 2. The van der Waals surface area contributed by atoms with Crippen LogP contribution in [0, 0.1) is 13.8 Å². The molecule has 0 bridgehead atoms. The van der Waals surface area contributed by atoms with E-state index in [1.807, 2.05) is 56.3 Å². The molecule has 0 aliphatic rings. The van der Waals surface area contributed by atoms with Gasteiger partial charge < -0.3 is 10.6 Å². The zero-order valence-corrected chi connectivity index (χ0v) is 14.2. The molecular formula is C20H19N3O2. The Hall–Kier alpha value is -3.21. The molecule has 0 aliphatic carbocycles. The summed E-state index contributed by atoms with van der Waals surface area (Å²) < 4.78 is 0. The maximum atomic E-state index is 12.2. The molecule has 5 heteroatoms. The molecule has 5 nitrogen and oxygen atoms in total. The van der Waals surface area contributed by atoms with Crippen molar-refractivity contribution in [2.75, 3.05) is 10.6 Å². The number of rotatable bonds is 4. The standard InChI is InChI=1S/C20H19N3O2/c1-13-8-9-16(11-14(13)2)22-18(24)12-19(25)23-17-7-3-5-15-6-4-10-21-20(15)17/h3-11H,12H2,1-2H3,(H,22,24)(H,23,25). The van der Waals surface area contributed by atoms with Gasteiger partial charge in [0.25, 0.3) is 0 Å². The van der Waals surface area contributed by atoms with E-state index in [0.29, 0.717) is 16.9 Å². The predicted molar refractivity (Wildman–Crippen MR) is 99.5 cm³/mol. The van der Waals surface area contributed by atoms with Crippen molar-refractivity contribution in [3.05, 3.63) is 65.9 Å². The third-order valence-electron chi connectivity index (χ3n) is 4.02. The van der Waals surface area contributed by atoms with Crippen molar-refractivity contribution in [1.82, 2.24) is 4.98 Å². The summed E-state index contributed by atoms with van der Waals surface area (Å²) in [6.07, 6.45) is 1.42. The molecule has 3 aromatic rings. The van der Waals surface area contributed by atoms with Gasteiger partial charge in [-0.2, -0.15) is 0 Å². The Labute approximate surface area is 146 Å². The number of aryl methyl sites for hydroxylation is 2. The van der Waals surface area contributed by atoms with Crippen LogP contribution in [0.1, 0.15) is 17.5 Å². The molecule has 0 spiro atoms. The fourth-order valence-corrected chi connectivity index (χ4v) is 2.57. The summed E-state index contributed by atoms with van der Waals surface area (Å²) >= 11 is 0. The van der Waals surface area contributed by atoms with Gasteiger partial charge in [0.05, 0.1) is 11.2 Å². The molecule has 2 N–H and O–H groups in total. The first kappa shape index (κ1) is 16.6. The number of anilines is 2. The number of benzene rings is 2. The Balaban J connectivity index is 1.65. The van der Waals surface area contributed by atoms with Crippen molar-refractivity contribution in [2.45, 2.75) is 20.3 Å². The SMILES string of the molecule is Cc1ccc(NC(=O)CC(=O)Nc2cccc3cccnc23)cc1C. The topological polar surface area (TPSA) is 71.1 Å². The van der Waals surface area contributed by atoms with Gasteiger partial charge in [-0.3, -0.25) is 14.6 Å². The normalized spacial score (nSPS) is 10.5. The number of hydrogen-bond acceptors (Lipinski definition) is 3. The lowest BCUT2D eigenvalue weighted by Gasteiger charge is -2.09. The van der Waals surface area contributed by atoms with Gasteiger partial charge in [0, 0.05) is 17.3 Å². The summed E-state index contributed by atoms with van der Waals surface area (Å²) in [4.78, 5) is 28.5. The molecule has 0 fully saturated rings. The molecule has 0 radical (unpaired) electrons. The summed E-state index contributed by atoms with van der Waals surface area (Å²) in [5.74, 6) is -0.728. The Morgan fingerprint density at radius 1 is 0.920 bits per heavy atom. The lowest BCUT2D eigenvalue weighted by molar-refractivity contribution is -0.123. The molecule has 25 heavy (non-hydrogen) atoms. The average Bonchev–Trinajstić information content (AvgIpc) is 2.58. The molecule has 3 rings (SSSR count). The molecular weight excluding hydrogens is 314 g/mol. The van der Waals surface area contributed by atoms with Crippen LogP contribution in [0.15, 0.2) is 54.7 Å². The zero-order valence-electron chi connectivity index (χ0n) is 14.2. The second kappa shape index (κ2) is 7.13. The maximum Gasteiger partial charge on any atom is 0.233 e. The van der Waals surface area contributed by atoms with Gasteiger partial charge in [0.1, 0.15) is 6.42 Å². The van der Waals surface area contributed by atoms with Crippen LogP contribution < -0.4 is 10.6 Å². The number of fused-ring (bicyclic) bond motifs is 1. The summed E-state index contributed by atoms with van der Waals surface area (Å²) in [5, 5.41) is 6.44. The van der Waals surface area contributed by atoms with E-state index < -0.39 is 0 Å². The second-order valence-electron chi connectivity index (χ2n) is 5.95. The van der Waals surface area contributed by atoms with Crippen LogP contribution in [0.5, 0.6) is 0 Å². The van der Waals surface area contributed by atoms with Crippen LogP contribution in [-0.2, 0) is 9.59 Å². The van der Waals surface area contributed by atoms with E-state index in [0.717, 1.165) is 16.5 Å². The first-order chi connectivity index (χ1) is 12.0. The Morgan fingerprint density at radius 2 is 1.68 bits per heavy atom. The summed E-state index contributed by atoms with van der Waals surface area (Å²) in [6.45, 7) is 3.98. The monoisotopic (exact) mass is 333 g/mol. The minimum atomic E-state index is -0.375. The highest BCUT2D eigenvalue weighted by atomic mass is 16.2. The number of carbonyl (C=O) groups is 2. The molecule has 0 aliphatic heterocycles. The highest BCUT2D eigenvalue weighted by molar-refractivity contribution is 6.10. The number of amides is 2. The third-order valence-corrected chi connectivity index (χ3v) is 4.02. The second-order valence-corrected chi connectivity index (χ2v) is 5.95. The van der Waals surface area contributed by atoms with Crippen molar-refractivity contribution >= 4 is 34.1 Å². The Bertz CT molecular complexity index is 945. The molecule has 1 aromatic heterocycles.